The third-order valence-electron chi connectivity index (χ3n) is 13.9. The first-order valence-electron chi connectivity index (χ1n) is 21.8. The minimum Gasteiger partial charge on any atom is -0.456 e. The SMILES string of the molecule is CCC[C@]1(C)C[C@H]2OC(=O)/C=C/[C@@H](C)C[C@@H](O[Si](CC)(CC)CC)[C@](C)(O[Si](CC)(CC)CC)C[C@H](O[Si](C)(C)C(C)(C)C)[C@H](C)/C=C(\C)CC[C@@H]2O1. The molecule has 53 heavy (non-hydrogen) atoms. The van der Waals surface area contributed by atoms with E-state index in [0.717, 1.165) is 81.2 Å². The van der Waals surface area contributed by atoms with Gasteiger partial charge in [0.2, 0.25) is 0 Å². The van der Waals surface area contributed by atoms with E-state index in [2.05, 4.69) is 129 Å². The average molecular weight is 795 g/mol. The van der Waals surface area contributed by atoms with Crippen LogP contribution in [0.4, 0.5) is 0 Å². The Morgan fingerprint density at radius 3 is 1.92 bits per heavy atom. The standard InChI is InChI=1S/C44H86O6Si3/c1-18-29-43(14)32-39-37(47-43)27-25-34(8)30-36(10)38(48-51(16,17)42(11,12)13)33-44(15,50-53(22-5,23-6)24-7)40(49-52(19-2,20-3)21-4)31-35(9)26-28-41(45)46-39/h26,28,30,35-40H,18-25,27,29,31-33H2,1-17H3/b28-26+,34-30+/t35-,36-,37+,38+,39-,40-,43-,44-/m1/s1. The third kappa shape index (κ3) is 13.2. The van der Waals surface area contributed by atoms with Crippen molar-refractivity contribution in [3.63, 3.8) is 0 Å². The minimum atomic E-state index is -2.18. The first-order chi connectivity index (χ1) is 24.5. The topological polar surface area (TPSA) is 63.2 Å². The van der Waals surface area contributed by atoms with Gasteiger partial charge in [-0.1, -0.05) is 107 Å². The van der Waals surface area contributed by atoms with Gasteiger partial charge in [0.25, 0.3) is 0 Å². The maximum absolute atomic E-state index is 13.5. The van der Waals surface area contributed by atoms with E-state index < -0.39 is 30.6 Å². The van der Waals surface area contributed by atoms with Crippen molar-refractivity contribution in [2.24, 2.45) is 11.8 Å². The molecule has 2 aliphatic rings. The second-order valence-corrected chi connectivity index (χ2v) is 33.3. The first kappa shape index (κ1) is 48.6. The Morgan fingerprint density at radius 2 is 1.42 bits per heavy atom. The van der Waals surface area contributed by atoms with Gasteiger partial charge < -0.3 is 22.8 Å². The van der Waals surface area contributed by atoms with Crippen LogP contribution in [0.3, 0.4) is 0 Å². The molecule has 310 valence electrons. The highest BCUT2D eigenvalue weighted by atomic mass is 28.4. The highest BCUT2D eigenvalue weighted by molar-refractivity contribution is 6.74. The molecule has 0 unspecified atom stereocenters. The Balaban J connectivity index is 2.86. The van der Waals surface area contributed by atoms with Crippen molar-refractivity contribution < 1.29 is 27.5 Å². The van der Waals surface area contributed by atoms with Crippen molar-refractivity contribution in [3.05, 3.63) is 23.8 Å². The minimum absolute atomic E-state index is 0.0325. The van der Waals surface area contributed by atoms with Crippen molar-refractivity contribution in [3.8, 4) is 0 Å². The number of carbonyl (C=O) groups is 1. The lowest BCUT2D eigenvalue weighted by atomic mass is 9.83. The van der Waals surface area contributed by atoms with Gasteiger partial charge in [-0.2, -0.15) is 0 Å². The molecule has 1 fully saturated rings. The molecule has 8 atom stereocenters. The number of ether oxygens (including phenoxy) is 2. The lowest BCUT2D eigenvalue weighted by molar-refractivity contribution is -0.146. The van der Waals surface area contributed by atoms with Crippen LogP contribution in [0.15, 0.2) is 23.8 Å². The number of hydrogen-bond acceptors (Lipinski definition) is 6. The molecule has 0 aliphatic carbocycles. The van der Waals surface area contributed by atoms with Crippen LogP contribution in [-0.4, -0.2) is 66.5 Å². The number of hydrogen-bond donors (Lipinski definition) is 0. The molecule has 0 aromatic carbocycles. The summed E-state index contributed by atoms with van der Waals surface area (Å²) >= 11 is 0. The van der Waals surface area contributed by atoms with E-state index in [0.29, 0.717) is 0 Å². The number of allylic oxidation sites excluding steroid dienone is 2. The van der Waals surface area contributed by atoms with E-state index in [1.165, 1.54) is 5.57 Å². The molecule has 0 saturated carbocycles. The van der Waals surface area contributed by atoms with Crippen LogP contribution in [0, 0.1) is 11.8 Å². The summed E-state index contributed by atoms with van der Waals surface area (Å²) in [5.74, 6) is -0.00480. The normalized spacial score (nSPS) is 33.5. The monoisotopic (exact) mass is 795 g/mol. The van der Waals surface area contributed by atoms with E-state index in [1.807, 2.05) is 0 Å². The smallest absolute Gasteiger partial charge is 0.330 e. The third-order valence-corrected chi connectivity index (χ3v) is 27.8. The molecule has 9 heteroatoms. The van der Waals surface area contributed by atoms with Crippen molar-refractivity contribution in [1.82, 2.24) is 0 Å². The second-order valence-electron chi connectivity index (χ2n) is 19.1. The van der Waals surface area contributed by atoms with Crippen molar-refractivity contribution in [1.29, 1.82) is 0 Å². The van der Waals surface area contributed by atoms with Crippen molar-refractivity contribution >= 4 is 30.9 Å². The summed E-state index contributed by atoms with van der Waals surface area (Å²) in [6.45, 7) is 39.4. The van der Waals surface area contributed by atoms with Gasteiger partial charge in [-0.25, -0.2) is 4.79 Å². The molecule has 0 spiro atoms. The molecule has 0 bridgehead atoms. The predicted molar refractivity (Wildman–Crippen MR) is 233 cm³/mol. The molecular formula is C44H86O6Si3. The first-order valence-corrected chi connectivity index (χ1v) is 29.8. The van der Waals surface area contributed by atoms with E-state index >= 15 is 0 Å². The fraction of sp³-hybridized carbons (Fsp3) is 0.886. The molecule has 6 nitrogen and oxygen atoms in total. The zero-order chi connectivity index (χ0) is 40.5. The zero-order valence-electron chi connectivity index (χ0n) is 37.8. The van der Waals surface area contributed by atoms with Gasteiger partial charge in [-0.15, -0.1) is 0 Å². The molecule has 1 saturated heterocycles. The summed E-state index contributed by atoms with van der Waals surface area (Å²) in [5, 5.41) is 0.0708. The zero-order valence-corrected chi connectivity index (χ0v) is 40.8. The molecule has 0 N–H and O–H groups in total. The molecule has 2 heterocycles. The Kier molecular flexibility index (Phi) is 18.5. The number of rotatable bonds is 14. The summed E-state index contributed by atoms with van der Waals surface area (Å²) in [4.78, 5) is 13.5. The molecule has 0 radical (unpaired) electrons. The molecule has 2 aliphatic heterocycles. The van der Waals surface area contributed by atoms with Crippen LogP contribution < -0.4 is 0 Å². The van der Waals surface area contributed by atoms with Crippen LogP contribution in [0.5, 0.6) is 0 Å². The van der Waals surface area contributed by atoms with Gasteiger partial charge in [0.15, 0.2) is 25.0 Å². The van der Waals surface area contributed by atoms with Gasteiger partial charge in [-0.05, 0) is 113 Å². The van der Waals surface area contributed by atoms with E-state index in [4.69, 9.17) is 22.8 Å². The summed E-state index contributed by atoms with van der Waals surface area (Å²) in [7, 11) is -6.36. The van der Waals surface area contributed by atoms with Crippen LogP contribution >= 0.6 is 0 Å². The number of fused-ring (bicyclic) bond motifs is 1. The van der Waals surface area contributed by atoms with E-state index in [1.54, 1.807) is 6.08 Å². The van der Waals surface area contributed by atoms with Crippen molar-refractivity contribution in [2.75, 3.05) is 0 Å². The second kappa shape index (κ2) is 20.2. The van der Waals surface area contributed by atoms with Crippen LogP contribution in [-0.2, 0) is 27.5 Å². The Morgan fingerprint density at radius 1 is 0.849 bits per heavy atom. The van der Waals surface area contributed by atoms with Gasteiger partial charge >= 0.3 is 5.97 Å². The van der Waals surface area contributed by atoms with Crippen LogP contribution in [0.2, 0.25) is 54.4 Å². The Hall–Kier alpha value is -0.559. The largest absolute Gasteiger partial charge is 0.456 e. The quantitative estimate of drug-likeness (QED) is 0.0991. The van der Waals surface area contributed by atoms with E-state index in [-0.39, 0.29) is 52.9 Å². The summed E-state index contributed by atoms with van der Waals surface area (Å²) in [6.07, 6.45) is 11.7. The molecule has 0 amide bonds. The lowest BCUT2D eigenvalue weighted by Gasteiger charge is -2.51. The Labute approximate surface area is 331 Å². The molecule has 0 aromatic rings. The molecule has 0 aromatic heterocycles. The predicted octanol–water partition coefficient (Wildman–Crippen LogP) is 13.2. The van der Waals surface area contributed by atoms with Gasteiger partial charge in [0.05, 0.1) is 29.5 Å². The molecular weight excluding hydrogens is 709 g/mol. The van der Waals surface area contributed by atoms with Gasteiger partial charge in [0, 0.05) is 18.9 Å². The van der Waals surface area contributed by atoms with Gasteiger partial charge in [-0.3, -0.25) is 0 Å². The molecule has 2 rings (SSSR count). The highest BCUT2D eigenvalue weighted by Gasteiger charge is 2.50. The van der Waals surface area contributed by atoms with E-state index in [9.17, 15) is 4.79 Å². The fourth-order valence-electron chi connectivity index (χ4n) is 8.67. The van der Waals surface area contributed by atoms with Crippen LogP contribution in [0.1, 0.15) is 149 Å². The number of carbonyl (C=O) groups excluding carboxylic acids is 1. The summed E-state index contributed by atoms with van der Waals surface area (Å²) in [5.41, 5.74) is 0.494. The van der Waals surface area contributed by atoms with Crippen LogP contribution in [0.25, 0.3) is 0 Å². The highest BCUT2D eigenvalue weighted by Crippen LogP contribution is 2.44. The Bertz CT molecular complexity index is 1170. The average Bonchev–Trinajstić information content (AvgIpc) is 3.40. The summed E-state index contributed by atoms with van der Waals surface area (Å²) in [6, 6.07) is 6.45. The van der Waals surface area contributed by atoms with Gasteiger partial charge in [0.1, 0.15) is 6.10 Å². The lowest BCUT2D eigenvalue weighted by Crippen LogP contribution is -2.58. The van der Waals surface area contributed by atoms with Crippen molar-refractivity contribution in [2.45, 2.75) is 239 Å². The maximum atomic E-state index is 13.5. The fourth-order valence-corrected chi connectivity index (χ4v) is 16.2. The number of esters is 1. The summed E-state index contributed by atoms with van der Waals surface area (Å²) < 4.78 is 36.0. The maximum Gasteiger partial charge on any atom is 0.330 e.